The van der Waals surface area contributed by atoms with Crippen molar-refractivity contribution in [3.05, 3.63) is 58.6 Å². The van der Waals surface area contributed by atoms with Crippen molar-refractivity contribution in [2.75, 3.05) is 11.9 Å². The van der Waals surface area contributed by atoms with Gasteiger partial charge < -0.3 is 15.8 Å². The fraction of sp³-hybridized carbons (Fsp3) is 0.188. The molecule has 0 fully saturated rings. The highest BCUT2D eigenvalue weighted by Crippen LogP contribution is 2.28. The van der Waals surface area contributed by atoms with Gasteiger partial charge in [-0.2, -0.15) is 0 Å². The number of rotatable bonds is 6. The summed E-state index contributed by atoms with van der Waals surface area (Å²) >= 11 is 6.01. The van der Waals surface area contributed by atoms with Gasteiger partial charge in [0.1, 0.15) is 5.75 Å². The molecule has 0 atom stereocenters. The van der Waals surface area contributed by atoms with E-state index in [-0.39, 0.29) is 0 Å². The first-order chi connectivity index (χ1) is 10.1. The van der Waals surface area contributed by atoms with Gasteiger partial charge in [0, 0.05) is 17.1 Å². The summed E-state index contributed by atoms with van der Waals surface area (Å²) in [5.41, 5.74) is 7.53. The molecule has 2 aromatic rings. The Morgan fingerprint density at radius 2 is 2.10 bits per heavy atom. The number of hydrogen-bond acceptors (Lipinski definition) is 3. The maximum atomic E-state index is 11.2. The van der Waals surface area contributed by atoms with Crippen molar-refractivity contribution in [1.82, 2.24) is 0 Å². The molecule has 0 aliphatic rings. The summed E-state index contributed by atoms with van der Waals surface area (Å²) in [6, 6.07) is 12.6. The van der Waals surface area contributed by atoms with Gasteiger partial charge in [0.25, 0.3) is 0 Å². The summed E-state index contributed by atoms with van der Waals surface area (Å²) in [5.74, 6) is 0.308. The molecule has 0 aliphatic heterocycles. The van der Waals surface area contributed by atoms with Crippen LogP contribution in [0.3, 0.4) is 0 Å². The smallest absolute Gasteiger partial charge is 0.248 e. The maximum Gasteiger partial charge on any atom is 0.248 e. The third-order valence-electron chi connectivity index (χ3n) is 2.94. The third-order valence-corrected chi connectivity index (χ3v) is 3.17. The Morgan fingerprint density at radius 1 is 1.29 bits per heavy atom. The number of nitrogens with two attached hydrogens (primary N) is 1. The molecule has 2 rings (SSSR count). The first-order valence-corrected chi connectivity index (χ1v) is 7.03. The van der Waals surface area contributed by atoms with Crippen molar-refractivity contribution in [2.45, 2.75) is 13.5 Å². The highest BCUT2D eigenvalue weighted by Gasteiger charge is 2.05. The van der Waals surface area contributed by atoms with E-state index < -0.39 is 5.91 Å². The van der Waals surface area contributed by atoms with E-state index in [9.17, 15) is 4.79 Å². The Bertz CT molecular complexity index is 644. The molecule has 0 saturated carbocycles. The van der Waals surface area contributed by atoms with Crippen LogP contribution < -0.4 is 15.8 Å². The van der Waals surface area contributed by atoms with Crippen LogP contribution in [0.15, 0.2) is 42.5 Å². The summed E-state index contributed by atoms with van der Waals surface area (Å²) in [6.45, 7) is 3.05. The molecule has 0 aliphatic carbocycles. The molecule has 0 bridgehead atoms. The molecule has 0 heterocycles. The number of amides is 1. The number of primary amides is 1. The minimum atomic E-state index is -0.436. The molecular weight excluding hydrogens is 288 g/mol. The fourth-order valence-electron chi connectivity index (χ4n) is 1.95. The lowest BCUT2D eigenvalue weighted by Gasteiger charge is -2.13. The first-order valence-electron chi connectivity index (χ1n) is 6.65. The highest BCUT2D eigenvalue weighted by atomic mass is 35.5. The number of carbonyl (C=O) groups is 1. The van der Waals surface area contributed by atoms with Crippen LogP contribution in [0.1, 0.15) is 22.8 Å². The molecule has 0 aromatic heterocycles. The van der Waals surface area contributed by atoms with E-state index in [1.54, 1.807) is 24.3 Å². The molecule has 1 amide bonds. The predicted octanol–water partition coefficient (Wildman–Crippen LogP) is 3.45. The van der Waals surface area contributed by atoms with Crippen molar-refractivity contribution in [1.29, 1.82) is 0 Å². The lowest BCUT2D eigenvalue weighted by molar-refractivity contribution is 0.1000. The molecule has 4 nitrogen and oxygen atoms in total. The fourth-order valence-corrected chi connectivity index (χ4v) is 2.13. The number of ether oxygens (including phenoxy) is 1. The van der Waals surface area contributed by atoms with Crippen LogP contribution in [0.4, 0.5) is 5.69 Å². The van der Waals surface area contributed by atoms with Crippen molar-refractivity contribution in [3.8, 4) is 5.75 Å². The molecule has 3 N–H and O–H groups in total. The highest BCUT2D eigenvalue weighted by molar-refractivity contribution is 6.30. The first kappa shape index (κ1) is 15.2. The predicted molar refractivity (Wildman–Crippen MR) is 84.9 cm³/mol. The SMILES string of the molecule is CCOc1ccc(Cl)cc1NCc1cccc(C(N)=O)c1. The van der Waals surface area contributed by atoms with Crippen LogP contribution in [0, 0.1) is 0 Å². The molecule has 0 spiro atoms. The van der Waals surface area contributed by atoms with Gasteiger partial charge in [-0.25, -0.2) is 0 Å². The zero-order valence-electron chi connectivity index (χ0n) is 11.7. The largest absolute Gasteiger partial charge is 0.492 e. The third kappa shape index (κ3) is 4.13. The summed E-state index contributed by atoms with van der Waals surface area (Å²) in [5, 5.41) is 3.89. The van der Waals surface area contributed by atoms with Gasteiger partial charge >= 0.3 is 0 Å². The van der Waals surface area contributed by atoms with E-state index in [1.165, 1.54) is 0 Å². The van der Waals surface area contributed by atoms with Crippen LogP contribution in [-0.4, -0.2) is 12.5 Å². The number of anilines is 1. The second-order valence-corrected chi connectivity index (χ2v) is 4.93. The molecule has 2 aromatic carbocycles. The van der Waals surface area contributed by atoms with Gasteiger partial charge in [0.2, 0.25) is 5.91 Å². The summed E-state index contributed by atoms with van der Waals surface area (Å²) < 4.78 is 5.55. The number of nitrogens with one attached hydrogen (secondary N) is 1. The Balaban J connectivity index is 2.14. The van der Waals surface area contributed by atoms with E-state index in [0.717, 1.165) is 17.0 Å². The van der Waals surface area contributed by atoms with Gasteiger partial charge in [-0.3, -0.25) is 4.79 Å². The molecule has 0 saturated heterocycles. The van der Waals surface area contributed by atoms with E-state index in [1.807, 2.05) is 25.1 Å². The molecule has 0 radical (unpaired) electrons. The molecular formula is C16H17ClN2O2. The van der Waals surface area contributed by atoms with Crippen LogP contribution in [0.2, 0.25) is 5.02 Å². The van der Waals surface area contributed by atoms with Gasteiger partial charge in [-0.05, 0) is 42.8 Å². The zero-order chi connectivity index (χ0) is 15.2. The maximum absolute atomic E-state index is 11.2. The van der Waals surface area contributed by atoms with Crippen molar-refractivity contribution >= 4 is 23.2 Å². The quantitative estimate of drug-likeness (QED) is 0.859. The van der Waals surface area contributed by atoms with E-state index in [4.69, 9.17) is 22.1 Å². The van der Waals surface area contributed by atoms with Gasteiger partial charge in [-0.1, -0.05) is 23.7 Å². The summed E-state index contributed by atoms with van der Waals surface area (Å²) in [4.78, 5) is 11.2. The minimum absolute atomic E-state index is 0.436. The van der Waals surface area contributed by atoms with Gasteiger partial charge in [0.05, 0.1) is 12.3 Å². The molecule has 0 unspecified atom stereocenters. The molecule has 5 heteroatoms. The lowest BCUT2D eigenvalue weighted by Crippen LogP contribution is -2.11. The van der Waals surface area contributed by atoms with Gasteiger partial charge in [-0.15, -0.1) is 0 Å². The van der Waals surface area contributed by atoms with Crippen LogP contribution >= 0.6 is 11.6 Å². The molecule has 110 valence electrons. The van der Waals surface area contributed by atoms with Crippen LogP contribution in [0.25, 0.3) is 0 Å². The molecule has 21 heavy (non-hydrogen) atoms. The average molecular weight is 305 g/mol. The zero-order valence-corrected chi connectivity index (χ0v) is 12.5. The van der Waals surface area contributed by atoms with Crippen LogP contribution in [0.5, 0.6) is 5.75 Å². The number of hydrogen-bond donors (Lipinski definition) is 2. The van der Waals surface area contributed by atoms with E-state index >= 15 is 0 Å². The standard InChI is InChI=1S/C16H17ClN2O2/c1-2-21-15-7-6-13(17)9-14(15)19-10-11-4-3-5-12(8-11)16(18)20/h3-9,19H,2,10H2,1H3,(H2,18,20). The lowest BCUT2D eigenvalue weighted by atomic mass is 10.1. The Morgan fingerprint density at radius 3 is 2.81 bits per heavy atom. The Labute approximate surface area is 128 Å². The van der Waals surface area contributed by atoms with Crippen molar-refractivity contribution < 1.29 is 9.53 Å². The van der Waals surface area contributed by atoms with E-state index in [2.05, 4.69) is 5.32 Å². The van der Waals surface area contributed by atoms with Crippen molar-refractivity contribution in [3.63, 3.8) is 0 Å². The normalized spacial score (nSPS) is 10.2. The summed E-state index contributed by atoms with van der Waals surface area (Å²) in [7, 11) is 0. The second kappa shape index (κ2) is 6.99. The Kier molecular flexibility index (Phi) is 5.06. The van der Waals surface area contributed by atoms with Crippen molar-refractivity contribution in [2.24, 2.45) is 5.73 Å². The number of benzene rings is 2. The monoisotopic (exact) mass is 304 g/mol. The second-order valence-electron chi connectivity index (χ2n) is 4.49. The number of carbonyl (C=O) groups excluding carboxylic acids is 1. The number of halogens is 1. The Hall–Kier alpha value is -2.20. The average Bonchev–Trinajstić information content (AvgIpc) is 2.48. The van der Waals surface area contributed by atoms with Gasteiger partial charge in [0.15, 0.2) is 0 Å². The summed E-state index contributed by atoms with van der Waals surface area (Å²) in [6.07, 6.45) is 0. The van der Waals surface area contributed by atoms with E-state index in [0.29, 0.717) is 23.7 Å². The topological polar surface area (TPSA) is 64.3 Å². The van der Waals surface area contributed by atoms with Crippen LogP contribution in [-0.2, 0) is 6.54 Å². The minimum Gasteiger partial charge on any atom is -0.492 e.